The first-order valence-corrected chi connectivity index (χ1v) is 9.88. The summed E-state index contributed by atoms with van der Waals surface area (Å²) in [6.07, 6.45) is -0.0585. The number of thiophene rings is 1. The highest BCUT2D eigenvalue weighted by molar-refractivity contribution is 7.20. The van der Waals surface area contributed by atoms with E-state index in [0.717, 1.165) is 29.5 Å². The van der Waals surface area contributed by atoms with Crippen molar-refractivity contribution in [3.63, 3.8) is 0 Å². The highest BCUT2D eigenvalue weighted by Gasteiger charge is 2.23. The molecule has 3 rings (SSSR count). The Morgan fingerprint density at radius 1 is 1.50 bits per heavy atom. The van der Waals surface area contributed by atoms with Crippen LogP contribution in [0.15, 0.2) is 22.9 Å². The van der Waals surface area contributed by atoms with Crippen LogP contribution in [-0.4, -0.2) is 54.8 Å². The number of hydrogen-bond acceptors (Lipinski definition) is 7. The summed E-state index contributed by atoms with van der Waals surface area (Å²) in [5.41, 5.74) is 0.373. The van der Waals surface area contributed by atoms with Gasteiger partial charge in [-0.3, -0.25) is 4.90 Å². The molecule has 7 heteroatoms. The van der Waals surface area contributed by atoms with Gasteiger partial charge in [-0.1, -0.05) is 19.9 Å². The SMILES string of the molecule is CC(C)CN1CCOC(COC(=O)c2csc(-c3cccs3)n2)C1. The van der Waals surface area contributed by atoms with Gasteiger partial charge in [0.05, 0.1) is 11.5 Å². The van der Waals surface area contributed by atoms with Crippen LogP contribution in [0, 0.1) is 5.92 Å². The van der Waals surface area contributed by atoms with Crippen LogP contribution in [0.3, 0.4) is 0 Å². The van der Waals surface area contributed by atoms with E-state index in [-0.39, 0.29) is 18.7 Å². The van der Waals surface area contributed by atoms with Gasteiger partial charge in [0, 0.05) is 25.0 Å². The van der Waals surface area contributed by atoms with E-state index in [0.29, 0.717) is 18.2 Å². The molecule has 0 radical (unpaired) electrons. The van der Waals surface area contributed by atoms with E-state index in [1.54, 1.807) is 16.7 Å². The molecule has 0 aliphatic carbocycles. The second-order valence-electron chi connectivity index (χ2n) is 6.26. The number of esters is 1. The molecule has 1 unspecified atom stereocenters. The molecule has 5 nitrogen and oxygen atoms in total. The van der Waals surface area contributed by atoms with E-state index in [4.69, 9.17) is 9.47 Å². The van der Waals surface area contributed by atoms with Crippen molar-refractivity contribution in [1.82, 2.24) is 9.88 Å². The van der Waals surface area contributed by atoms with Crippen LogP contribution in [0.25, 0.3) is 9.88 Å². The molecular formula is C17H22N2O3S2. The number of aromatic nitrogens is 1. The third-order valence-electron chi connectivity index (χ3n) is 3.69. The zero-order valence-electron chi connectivity index (χ0n) is 13.9. The highest BCUT2D eigenvalue weighted by atomic mass is 32.1. The topological polar surface area (TPSA) is 51.7 Å². The minimum Gasteiger partial charge on any atom is -0.458 e. The molecule has 2 aromatic heterocycles. The third kappa shape index (κ3) is 4.63. The minimum atomic E-state index is -0.376. The number of carbonyl (C=O) groups is 1. The fraction of sp³-hybridized carbons (Fsp3) is 0.529. The van der Waals surface area contributed by atoms with Gasteiger partial charge in [-0.25, -0.2) is 9.78 Å². The molecule has 3 heterocycles. The second-order valence-corrected chi connectivity index (χ2v) is 8.07. The van der Waals surface area contributed by atoms with Crippen molar-refractivity contribution in [3.8, 4) is 9.88 Å². The van der Waals surface area contributed by atoms with E-state index in [1.807, 2.05) is 17.5 Å². The fourth-order valence-electron chi connectivity index (χ4n) is 2.69. The molecule has 0 bridgehead atoms. The van der Waals surface area contributed by atoms with Crippen LogP contribution in [0.5, 0.6) is 0 Å². The molecule has 0 spiro atoms. The van der Waals surface area contributed by atoms with Gasteiger partial charge in [0.2, 0.25) is 0 Å². The van der Waals surface area contributed by atoms with Gasteiger partial charge >= 0.3 is 5.97 Å². The summed E-state index contributed by atoms with van der Waals surface area (Å²) in [5.74, 6) is 0.246. The molecule has 0 amide bonds. The molecule has 0 N–H and O–H groups in total. The minimum absolute atomic E-state index is 0.0585. The molecule has 1 aliphatic rings. The average Bonchev–Trinajstić information content (AvgIpc) is 3.23. The molecular weight excluding hydrogens is 344 g/mol. The summed E-state index contributed by atoms with van der Waals surface area (Å²) >= 11 is 3.08. The van der Waals surface area contributed by atoms with Crippen molar-refractivity contribution < 1.29 is 14.3 Å². The van der Waals surface area contributed by atoms with Gasteiger partial charge in [0.1, 0.15) is 17.7 Å². The smallest absolute Gasteiger partial charge is 0.357 e. The average molecular weight is 367 g/mol. The number of carbonyl (C=O) groups excluding carboxylic acids is 1. The van der Waals surface area contributed by atoms with E-state index in [1.165, 1.54) is 11.3 Å². The molecule has 24 heavy (non-hydrogen) atoms. The Morgan fingerprint density at radius 2 is 2.38 bits per heavy atom. The Balaban J connectivity index is 1.50. The second kappa shape index (κ2) is 8.20. The molecule has 0 aromatic carbocycles. The van der Waals surface area contributed by atoms with Gasteiger partial charge in [-0.2, -0.15) is 0 Å². The van der Waals surface area contributed by atoms with Crippen LogP contribution in [0.2, 0.25) is 0 Å². The predicted molar refractivity (Wildman–Crippen MR) is 96.7 cm³/mol. The predicted octanol–water partition coefficient (Wildman–Crippen LogP) is 3.39. The Bertz CT molecular complexity index is 655. The largest absolute Gasteiger partial charge is 0.458 e. The zero-order valence-corrected chi connectivity index (χ0v) is 15.6. The van der Waals surface area contributed by atoms with Crippen LogP contribution < -0.4 is 0 Å². The number of ether oxygens (including phenoxy) is 2. The molecule has 2 aromatic rings. The standard InChI is InChI=1S/C17H22N2O3S2/c1-12(2)8-19-5-6-21-13(9-19)10-22-17(20)14-11-24-16(18-14)15-4-3-7-23-15/h3-4,7,11-13H,5-6,8-10H2,1-2H3. The number of morpholine rings is 1. The maximum absolute atomic E-state index is 12.2. The zero-order chi connectivity index (χ0) is 16.9. The van der Waals surface area contributed by atoms with Gasteiger partial charge in [-0.15, -0.1) is 22.7 Å². The van der Waals surface area contributed by atoms with Crippen LogP contribution in [0.4, 0.5) is 0 Å². The van der Waals surface area contributed by atoms with Crippen LogP contribution in [0.1, 0.15) is 24.3 Å². The molecule has 1 aliphatic heterocycles. The van der Waals surface area contributed by atoms with E-state index >= 15 is 0 Å². The van der Waals surface area contributed by atoms with Gasteiger partial charge < -0.3 is 9.47 Å². The monoisotopic (exact) mass is 366 g/mol. The molecule has 0 saturated carbocycles. The lowest BCUT2D eigenvalue weighted by Gasteiger charge is -2.33. The fourth-order valence-corrected chi connectivity index (χ4v) is 4.29. The van der Waals surface area contributed by atoms with Crippen molar-refractivity contribution in [2.24, 2.45) is 5.92 Å². The molecule has 1 saturated heterocycles. The van der Waals surface area contributed by atoms with E-state index in [9.17, 15) is 4.79 Å². The summed E-state index contributed by atoms with van der Waals surface area (Å²) in [5, 5.41) is 4.61. The number of rotatable bonds is 6. The quantitative estimate of drug-likeness (QED) is 0.734. The molecule has 1 fully saturated rings. The maximum atomic E-state index is 12.2. The Hall–Kier alpha value is -1.28. The first-order chi connectivity index (χ1) is 11.6. The summed E-state index contributed by atoms with van der Waals surface area (Å²) in [6, 6.07) is 3.97. The maximum Gasteiger partial charge on any atom is 0.357 e. The van der Waals surface area contributed by atoms with E-state index < -0.39 is 0 Å². The summed E-state index contributed by atoms with van der Waals surface area (Å²) in [6.45, 7) is 8.18. The third-order valence-corrected chi connectivity index (χ3v) is 5.57. The molecule has 1 atom stereocenters. The van der Waals surface area contributed by atoms with Crippen molar-refractivity contribution >= 4 is 28.6 Å². The normalized spacial score (nSPS) is 18.9. The summed E-state index contributed by atoms with van der Waals surface area (Å²) in [7, 11) is 0. The Morgan fingerprint density at radius 3 is 3.12 bits per heavy atom. The number of nitrogens with zero attached hydrogens (tertiary/aromatic N) is 2. The summed E-state index contributed by atoms with van der Waals surface area (Å²) < 4.78 is 11.1. The lowest BCUT2D eigenvalue weighted by atomic mass is 10.2. The van der Waals surface area contributed by atoms with Crippen LogP contribution >= 0.6 is 22.7 Å². The van der Waals surface area contributed by atoms with Crippen LogP contribution in [-0.2, 0) is 9.47 Å². The van der Waals surface area contributed by atoms with Gasteiger partial charge in [-0.05, 0) is 17.4 Å². The highest BCUT2D eigenvalue weighted by Crippen LogP contribution is 2.28. The molecule has 130 valence electrons. The van der Waals surface area contributed by atoms with Crippen molar-refractivity contribution in [1.29, 1.82) is 0 Å². The van der Waals surface area contributed by atoms with Crippen molar-refractivity contribution in [2.45, 2.75) is 20.0 Å². The Kier molecular flexibility index (Phi) is 5.99. The van der Waals surface area contributed by atoms with Gasteiger partial charge in [0.15, 0.2) is 5.69 Å². The number of thiazole rings is 1. The van der Waals surface area contributed by atoms with Crippen molar-refractivity contribution in [2.75, 3.05) is 32.8 Å². The van der Waals surface area contributed by atoms with E-state index in [2.05, 4.69) is 23.7 Å². The van der Waals surface area contributed by atoms with Gasteiger partial charge in [0.25, 0.3) is 0 Å². The number of hydrogen-bond donors (Lipinski definition) is 0. The lowest BCUT2D eigenvalue weighted by Crippen LogP contribution is -2.45. The first kappa shape index (κ1) is 17.5. The Labute approximate surface area is 150 Å². The van der Waals surface area contributed by atoms with Crippen molar-refractivity contribution in [3.05, 3.63) is 28.6 Å². The summed E-state index contributed by atoms with van der Waals surface area (Å²) in [4.78, 5) is 20.0. The lowest BCUT2D eigenvalue weighted by molar-refractivity contribution is -0.0613. The first-order valence-electron chi connectivity index (χ1n) is 8.12.